The molecular weight excluding hydrogens is 230 g/mol. The van der Waals surface area contributed by atoms with E-state index in [1.165, 1.54) is 0 Å². The molecule has 0 aromatic heterocycles. The molecule has 0 saturated heterocycles. The van der Waals surface area contributed by atoms with Crippen molar-refractivity contribution >= 4 is 16.3 Å². The Morgan fingerprint density at radius 2 is 2.19 bits per heavy atom. The van der Waals surface area contributed by atoms with E-state index in [1.807, 2.05) is 13.8 Å². The molecule has 0 aliphatic heterocycles. The maximum absolute atomic E-state index is 12.0. The van der Waals surface area contributed by atoms with Gasteiger partial charge in [-0.3, -0.25) is 4.79 Å². The maximum atomic E-state index is 12.0. The molecule has 2 aliphatic carbocycles. The predicted molar refractivity (Wildman–Crippen MR) is 56.1 cm³/mol. The summed E-state index contributed by atoms with van der Waals surface area (Å²) in [4.78, 5) is 12.0. The predicted octanol–water partition coefficient (Wildman–Crippen LogP) is 0.315. The topological polar surface area (TPSA) is 90.9 Å². The number of fused-ring (bicyclic) bond motifs is 2. The first-order valence-electron chi connectivity index (χ1n) is 5.45. The molecule has 91 valence electrons. The van der Waals surface area contributed by atoms with Crippen LogP contribution in [-0.2, 0) is 28.3 Å². The zero-order valence-corrected chi connectivity index (χ0v) is 10.5. The van der Waals surface area contributed by atoms with Crippen molar-refractivity contribution in [2.24, 2.45) is 16.7 Å². The van der Waals surface area contributed by atoms with E-state index in [-0.39, 0.29) is 17.0 Å². The van der Waals surface area contributed by atoms with Crippen LogP contribution >= 0.6 is 0 Å². The first kappa shape index (κ1) is 12.2. The van der Waals surface area contributed by atoms with Gasteiger partial charge in [0.25, 0.3) is 0 Å². The van der Waals surface area contributed by atoms with Crippen LogP contribution in [0.1, 0.15) is 33.1 Å². The molecule has 0 amide bonds. The Hall–Kier alpha value is -0.300. The third kappa shape index (κ3) is 1.40. The molecular formula is C10H18NO4S+2. The lowest BCUT2D eigenvalue weighted by atomic mass is 9.70. The molecule has 2 unspecified atom stereocenters. The molecule has 6 heteroatoms. The summed E-state index contributed by atoms with van der Waals surface area (Å²) in [6, 6.07) is 0. The van der Waals surface area contributed by atoms with Crippen molar-refractivity contribution in [1.29, 1.82) is 0 Å². The molecule has 2 bridgehead atoms. The van der Waals surface area contributed by atoms with Gasteiger partial charge in [0, 0.05) is 10.7 Å². The molecule has 2 rings (SSSR count). The van der Waals surface area contributed by atoms with Crippen LogP contribution in [0.25, 0.3) is 0 Å². The second-order valence-electron chi connectivity index (χ2n) is 5.49. The van der Waals surface area contributed by atoms with Crippen LogP contribution in [0.3, 0.4) is 0 Å². The largest absolute Gasteiger partial charge is 0.449 e. The second-order valence-corrected chi connectivity index (χ2v) is 7.13. The number of Topliss-reactive ketones (excluding diaryl/α,β-unsaturated/α-hetero) is 1. The normalized spacial score (nSPS) is 40.0. The van der Waals surface area contributed by atoms with Gasteiger partial charge in [-0.2, -0.15) is 5.90 Å². The number of ketones is 1. The number of carbonyl (C=O) groups is 1. The second kappa shape index (κ2) is 3.35. The minimum Gasteiger partial charge on any atom is -0.299 e. The van der Waals surface area contributed by atoms with Gasteiger partial charge >= 0.3 is 10.5 Å². The number of hydrogen-bond donors (Lipinski definition) is 1. The highest BCUT2D eigenvalue weighted by Gasteiger charge is 2.69. The number of hydrogen-bond acceptors (Lipinski definition) is 3. The molecule has 0 aromatic rings. The van der Waals surface area contributed by atoms with Crippen molar-refractivity contribution in [1.82, 2.24) is 0 Å². The van der Waals surface area contributed by atoms with Gasteiger partial charge in [-0.25, -0.2) is 0 Å². The Balaban J connectivity index is 2.36. The summed E-state index contributed by atoms with van der Waals surface area (Å²) < 4.78 is 27.3. The summed E-state index contributed by atoms with van der Waals surface area (Å²) in [5.41, 5.74) is -0.982. The third-order valence-corrected chi connectivity index (χ3v) is 5.95. The molecule has 1 radical (unpaired) electrons. The maximum Gasteiger partial charge on any atom is 0.449 e. The number of carbonyl (C=O) groups excluding carboxylic acids is 1. The van der Waals surface area contributed by atoms with E-state index >= 15 is 0 Å². The summed E-state index contributed by atoms with van der Waals surface area (Å²) in [7, 11) is -3.68. The molecule has 0 spiro atoms. The molecule has 3 atom stereocenters. The Labute approximate surface area is 96.1 Å². The Kier molecular flexibility index (Phi) is 2.55. The van der Waals surface area contributed by atoms with Crippen molar-refractivity contribution in [3.05, 3.63) is 0 Å². The fourth-order valence-corrected chi connectivity index (χ4v) is 4.82. The van der Waals surface area contributed by atoms with Crippen LogP contribution < -0.4 is 5.90 Å². The highest BCUT2D eigenvalue weighted by atomic mass is 32.3. The van der Waals surface area contributed by atoms with Crippen LogP contribution in [0, 0.1) is 16.7 Å². The van der Waals surface area contributed by atoms with E-state index in [2.05, 4.69) is 10.2 Å². The third-order valence-electron chi connectivity index (χ3n) is 4.74. The smallest absolute Gasteiger partial charge is 0.299 e. The van der Waals surface area contributed by atoms with Crippen molar-refractivity contribution in [2.45, 2.75) is 33.1 Å². The Morgan fingerprint density at radius 1 is 1.56 bits per heavy atom. The minimum absolute atomic E-state index is 0.0781. The van der Waals surface area contributed by atoms with E-state index in [4.69, 9.17) is 0 Å². The first-order chi connectivity index (χ1) is 7.25. The highest BCUT2D eigenvalue weighted by molar-refractivity contribution is 7.92. The average Bonchev–Trinajstić information content (AvgIpc) is 2.51. The molecule has 5 nitrogen and oxygen atoms in total. The van der Waals surface area contributed by atoms with Gasteiger partial charge in [-0.1, -0.05) is 13.8 Å². The SMILES string of the molecule is CC1(C)C2CC[C@@]1(C[S+]([O])(=O)O[NH3+])C(=O)C2. The summed E-state index contributed by atoms with van der Waals surface area (Å²) in [6.45, 7) is 3.99. The molecule has 0 heterocycles. The van der Waals surface area contributed by atoms with Gasteiger partial charge < -0.3 is 0 Å². The quantitative estimate of drug-likeness (QED) is 0.575. The van der Waals surface area contributed by atoms with Gasteiger partial charge in [0.15, 0.2) is 5.75 Å². The number of quaternary nitrogens is 1. The van der Waals surface area contributed by atoms with Gasteiger partial charge in [-0.15, -0.1) is 0 Å². The van der Waals surface area contributed by atoms with E-state index in [0.717, 1.165) is 6.42 Å². The minimum atomic E-state index is -3.68. The van der Waals surface area contributed by atoms with Crippen LogP contribution in [0.4, 0.5) is 0 Å². The van der Waals surface area contributed by atoms with Crippen molar-refractivity contribution in [3.8, 4) is 0 Å². The standard InChI is InChI=1S/C10H18NO4S/c1-9(2)7-3-4-10(9,8(12)5-7)6-16(13,14)15-11/h7H,3-6H2,1-2,11H3/q+2/t7?,10-/m1/s1. The van der Waals surface area contributed by atoms with E-state index in [1.54, 1.807) is 0 Å². The Morgan fingerprint density at radius 3 is 2.56 bits per heavy atom. The van der Waals surface area contributed by atoms with Crippen LogP contribution in [0.5, 0.6) is 0 Å². The van der Waals surface area contributed by atoms with Gasteiger partial charge in [0.1, 0.15) is 5.78 Å². The summed E-state index contributed by atoms with van der Waals surface area (Å²) >= 11 is 0. The van der Waals surface area contributed by atoms with Crippen LogP contribution in [-0.4, -0.2) is 11.5 Å². The van der Waals surface area contributed by atoms with Crippen LogP contribution in [0.15, 0.2) is 0 Å². The zero-order chi connectivity index (χ0) is 12.2. The van der Waals surface area contributed by atoms with Gasteiger partial charge in [0.05, 0.1) is 9.97 Å². The monoisotopic (exact) mass is 248 g/mol. The molecule has 2 saturated carbocycles. The lowest BCUT2D eigenvalue weighted by Crippen LogP contribution is -2.56. The Bertz CT molecular complexity index is 381. The average molecular weight is 248 g/mol. The molecule has 0 aromatic carbocycles. The fraction of sp³-hybridized carbons (Fsp3) is 0.900. The van der Waals surface area contributed by atoms with Gasteiger partial charge in [-0.05, 0) is 28.4 Å². The summed E-state index contributed by atoms with van der Waals surface area (Å²) in [6.07, 6.45) is 2.11. The van der Waals surface area contributed by atoms with E-state index in [9.17, 15) is 13.6 Å². The molecule has 3 N–H and O–H groups in total. The van der Waals surface area contributed by atoms with Crippen molar-refractivity contribution in [2.75, 3.05) is 5.75 Å². The van der Waals surface area contributed by atoms with Crippen LogP contribution in [0.2, 0.25) is 0 Å². The molecule has 16 heavy (non-hydrogen) atoms. The van der Waals surface area contributed by atoms with Gasteiger partial charge in [0.2, 0.25) is 0 Å². The van der Waals surface area contributed by atoms with Crippen molar-refractivity contribution in [3.63, 3.8) is 0 Å². The molecule has 2 aliphatic rings. The number of rotatable bonds is 3. The lowest BCUT2D eigenvalue weighted by molar-refractivity contribution is -0.637. The summed E-state index contributed by atoms with van der Waals surface area (Å²) in [5, 5.41) is 0. The van der Waals surface area contributed by atoms with E-state index in [0.29, 0.717) is 18.8 Å². The fourth-order valence-electron chi connectivity index (χ4n) is 3.45. The summed E-state index contributed by atoms with van der Waals surface area (Å²) in [5.74, 6) is 3.13. The van der Waals surface area contributed by atoms with Crippen molar-refractivity contribution < 1.29 is 23.7 Å². The first-order valence-corrected chi connectivity index (χ1v) is 7.02. The molecule has 2 fully saturated rings. The highest BCUT2D eigenvalue weighted by Crippen LogP contribution is 2.64. The van der Waals surface area contributed by atoms with E-state index < -0.39 is 15.9 Å². The lowest BCUT2D eigenvalue weighted by Gasteiger charge is -2.33. The zero-order valence-electron chi connectivity index (χ0n) is 9.65.